The second-order valence-corrected chi connectivity index (χ2v) is 14.6. The van der Waals surface area contributed by atoms with Gasteiger partial charge in [-0.15, -0.1) is 46.4 Å². The third-order valence-electron chi connectivity index (χ3n) is 2.72. The predicted octanol–water partition coefficient (Wildman–Crippen LogP) is 0.962. The number of sulfone groups is 4. The summed E-state index contributed by atoms with van der Waals surface area (Å²) in [6, 6.07) is 0.321. The topological polar surface area (TPSA) is 149 Å². The lowest BCUT2D eigenvalue weighted by Gasteiger charge is -2.13. The van der Waals surface area contributed by atoms with E-state index in [1.807, 2.05) is 0 Å². The number of aromatic nitrogens is 1. The van der Waals surface area contributed by atoms with Gasteiger partial charge in [0.15, 0.2) is 29.7 Å². The maximum atomic E-state index is 12.1. The Morgan fingerprint density at radius 1 is 0.577 bits per heavy atom. The van der Waals surface area contributed by atoms with Crippen molar-refractivity contribution >= 4 is 85.8 Å². The van der Waals surface area contributed by atoms with Crippen LogP contribution in [0.4, 0.5) is 0 Å². The molecule has 17 heteroatoms. The average molecular weight is 529 g/mol. The smallest absolute Gasteiger partial charge is 0.210 e. The summed E-state index contributed by atoms with van der Waals surface area (Å²) in [4.78, 5) is 1.03. The Bertz CT molecular complexity index is 948. The van der Waals surface area contributed by atoms with Crippen molar-refractivity contribution in [2.45, 2.75) is 19.8 Å². The lowest BCUT2D eigenvalue weighted by atomic mass is 10.5. The highest BCUT2D eigenvalue weighted by molar-refractivity contribution is 7.96. The zero-order valence-electron chi connectivity index (χ0n) is 12.3. The molecule has 0 amide bonds. The van der Waals surface area contributed by atoms with E-state index in [0.29, 0.717) is 6.07 Å². The van der Waals surface area contributed by atoms with E-state index in [4.69, 9.17) is 46.4 Å². The monoisotopic (exact) mass is 527 g/mol. The van der Waals surface area contributed by atoms with Crippen LogP contribution in [0, 0.1) is 0 Å². The van der Waals surface area contributed by atoms with E-state index in [9.17, 15) is 33.7 Å². The van der Waals surface area contributed by atoms with Gasteiger partial charge in [0.1, 0.15) is 30.6 Å². The Kier molecular flexibility index (Phi) is 7.65. The van der Waals surface area contributed by atoms with Crippen LogP contribution in [-0.2, 0) is 39.3 Å². The Balaban J connectivity index is 4.30. The number of hydrogen-bond acceptors (Lipinski definition) is 9. The Morgan fingerprint density at radius 3 is 1.08 bits per heavy atom. The second-order valence-electron chi connectivity index (χ2n) is 4.49. The van der Waals surface area contributed by atoms with Gasteiger partial charge in [0.05, 0.1) is 0 Å². The van der Waals surface area contributed by atoms with Crippen molar-refractivity contribution in [3.8, 4) is 0 Å². The zero-order valence-corrected chi connectivity index (χ0v) is 18.6. The first kappa shape index (κ1) is 24.1. The molecule has 0 aromatic carbocycles. The van der Waals surface area contributed by atoms with E-state index in [-0.39, 0.29) is 0 Å². The standard InChI is InChI=1S/C9H9Cl4NO8S4/c10-2-23(15,16)6-1-7(24(17,18)3-11)9(26(21,22)5-13)14-8(6)25(19,20)4-12/h1H,2-5H2. The molecule has 0 aliphatic carbocycles. The quantitative estimate of drug-likeness (QED) is 0.449. The van der Waals surface area contributed by atoms with Crippen molar-refractivity contribution in [1.82, 2.24) is 4.98 Å². The molecule has 0 aliphatic rings. The van der Waals surface area contributed by atoms with Crippen LogP contribution in [0.5, 0.6) is 0 Å². The predicted molar refractivity (Wildman–Crippen MR) is 95.9 cm³/mol. The minimum absolute atomic E-state index is 0.321. The minimum Gasteiger partial charge on any atom is -0.222 e. The van der Waals surface area contributed by atoms with Gasteiger partial charge in [-0.05, 0) is 6.07 Å². The molecule has 0 unspecified atom stereocenters. The van der Waals surface area contributed by atoms with Crippen molar-refractivity contribution in [2.24, 2.45) is 0 Å². The lowest BCUT2D eigenvalue weighted by molar-refractivity contribution is 0.565. The fraction of sp³-hybridized carbons (Fsp3) is 0.444. The molecule has 9 nitrogen and oxygen atoms in total. The number of pyridine rings is 1. The Morgan fingerprint density at radius 2 is 0.846 bits per heavy atom. The van der Waals surface area contributed by atoms with E-state index >= 15 is 0 Å². The van der Waals surface area contributed by atoms with Gasteiger partial charge in [0, 0.05) is 0 Å². The second kappa shape index (κ2) is 8.23. The molecule has 1 rings (SSSR count). The summed E-state index contributed by atoms with van der Waals surface area (Å²) in [6.45, 7) is 0. The van der Waals surface area contributed by atoms with Gasteiger partial charge in [0.2, 0.25) is 19.7 Å². The van der Waals surface area contributed by atoms with Crippen LogP contribution in [0.1, 0.15) is 0 Å². The minimum atomic E-state index is -4.60. The summed E-state index contributed by atoms with van der Waals surface area (Å²) in [7, 11) is -18.3. The number of rotatable bonds is 8. The highest BCUT2D eigenvalue weighted by atomic mass is 35.5. The molecule has 1 aromatic heterocycles. The summed E-state index contributed by atoms with van der Waals surface area (Å²) in [5, 5.41) is -7.11. The fourth-order valence-electron chi connectivity index (χ4n) is 1.56. The molecule has 0 saturated carbocycles. The van der Waals surface area contributed by atoms with Crippen LogP contribution in [-0.4, -0.2) is 59.5 Å². The lowest BCUT2D eigenvalue weighted by Crippen LogP contribution is -2.20. The summed E-state index contributed by atoms with van der Waals surface area (Å²) in [5.74, 6) is 0. The van der Waals surface area contributed by atoms with Gasteiger partial charge in [-0.3, -0.25) is 0 Å². The first-order chi connectivity index (χ1) is 11.7. The molecule has 0 radical (unpaired) electrons. The van der Waals surface area contributed by atoms with Crippen molar-refractivity contribution in [1.29, 1.82) is 0 Å². The largest absolute Gasteiger partial charge is 0.222 e. The average Bonchev–Trinajstić information content (AvgIpc) is 2.60. The highest BCUT2D eigenvalue weighted by Crippen LogP contribution is 2.31. The van der Waals surface area contributed by atoms with Crippen molar-refractivity contribution in [3.05, 3.63) is 6.07 Å². The molecule has 1 aromatic rings. The molecule has 0 spiro atoms. The molecule has 0 saturated heterocycles. The molecule has 26 heavy (non-hydrogen) atoms. The van der Waals surface area contributed by atoms with Gasteiger partial charge >= 0.3 is 0 Å². The van der Waals surface area contributed by atoms with Crippen LogP contribution < -0.4 is 0 Å². The first-order valence-electron chi connectivity index (χ1n) is 5.90. The Labute approximate surface area is 170 Å². The van der Waals surface area contributed by atoms with Gasteiger partial charge in [-0.1, -0.05) is 0 Å². The summed E-state index contributed by atoms with van der Waals surface area (Å²) >= 11 is 21.1. The normalized spacial score (nSPS) is 13.7. The first-order valence-corrected chi connectivity index (χ1v) is 14.6. The molecule has 0 fully saturated rings. The summed E-state index contributed by atoms with van der Waals surface area (Å²) < 4.78 is 96.7. The number of alkyl halides is 4. The number of nitrogens with zero attached hydrogens (tertiary/aromatic N) is 1. The molecule has 0 N–H and O–H groups in total. The molecule has 1 heterocycles. The van der Waals surface area contributed by atoms with Crippen LogP contribution in [0.2, 0.25) is 0 Å². The third kappa shape index (κ3) is 4.74. The SMILES string of the molecule is O=S(=O)(CCl)c1cc(S(=O)(=O)CCl)c(S(=O)(=O)CCl)nc1S(=O)(=O)CCl. The van der Waals surface area contributed by atoms with E-state index in [0.717, 1.165) is 0 Å². The van der Waals surface area contributed by atoms with Crippen molar-refractivity contribution in [2.75, 3.05) is 20.8 Å². The molecule has 0 bridgehead atoms. The van der Waals surface area contributed by atoms with Crippen LogP contribution in [0.3, 0.4) is 0 Å². The molecule has 0 atom stereocenters. The van der Waals surface area contributed by atoms with Crippen LogP contribution in [0.15, 0.2) is 25.9 Å². The van der Waals surface area contributed by atoms with E-state index in [2.05, 4.69) is 4.98 Å². The van der Waals surface area contributed by atoms with Crippen molar-refractivity contribution < 1.29 is 33.7 Å². The van der Waals surface area contributed by atoms with Gasteiger partial charge in [0.25, 0.3) is 0 Å². The number of halogens is 4. The summed E-state index contributed by atoms with van der Waals surface area (Å²) in [5.41, 5.74) is 0. The third-order valence-corrected chi connectivity index (χ3v) is 11.3. The van der Waals surface area contributed by atoms with E-state index in [1.54, 1.807) is 0 Å². The van der Waals surface area contributed by atoms with Crippen LogP contribution in [0.25, 0.3) is 0 Å². The van der Waals surface area contributed by atoms with Gasteiger partial charge < -0.3 is 0 Å². The van der Waals surface area contributed by atoms with E-state index in [1.165, 1.54) is 0 Å². The fourth-order valence-corrected chi connectivity index (χ4v) is 7.39. The van der Waals surface area contributed by atoms with E-state index < -0.39 is 80.0 Å². The van der Waals surface area contributed by atoms with Crippen LogP contribution >= 0.6 is 46.4 Å². The maximum absolute atomic E-state index is 12.1. The number of hydrogen-bond donors (Lipinski definition) is 0. The van der Waals surface area contributed by atoms with Crippen molar-refractivity contribution in [3.63, 3.8) is 0 Å². The summed E-state index contributed by atoms with van der Waals surface area (Å²) in [6.07, 6.45) is 0. The van der Waals surface area contributed by atoms with Gasteiger partial charge in [-0.2, -0.15) is 0 Å². The van der Waals surface area contributed by atoms with Gasteiger partial charge in [-0.25, -0.2) is 38.7 Å². The molecular weight excluding hydrogens is 520 g/mol. The maximum Gasteiger partial charge on any atom is 0.210 e. The molecule has 0 aliphatic heterocycles. The molecular formula is C9H9Cl4NO8S4. The molecule has 150 valence electrons. The zero-order chi connectivity index (χ0) is 20.6. The highest BCUT2D eigenvalue weighted by Gasteiger charge is 2.36. The Hall–Kier alpha value is 0.110.